The molecule has 0 unspecified atom stereocenters. The van der Waals surface area contributed by atoms with E-state index in [-0.39, 0.29) is 12.5 Å². The van der Waals surface area contributed by atoms with E-state index in [4.69, 9.17) is 14.5 Å². The van der Waals surface area contributed by atoms with Crippen molar-refractivity contribution in [1.82, 2.24) is 10.4 Å². The molecule has 7 nitrogen and oxygen atoms in total. The van der Waals surface area contributed by atoms with Crippen LogP contribution in [0.3, 0.4) is 0 Å². The molecule has 8 heteroatoms. The number of carbonyl (C=O) groups excluding carboxylic acids is 1. The number of hydrogen-bond acceptors (Lipinski definition) is 6. The second kappa shape index (κ2) is 12.4. The van der Waals surface area contributed by atoms with Crippen molar-refractivity contribution in [3.63, 3.8) is 0 Å². The Bertz CT molecular complexity index is 1760. The van der Waals surface area contributed by atoms with Crippen molar-refractivity contribution in [2.75, 3.05) is 7.11 Å². The van der Waals surface area contributed by atoms with Gasteiger partial charge in [-0.1, -0.05) is 66.7 Å². The number of para-hydroxylation sites is 1. The molecule has 0 radical (unpaired) electrons. The number of rotatable bonds is 8. The number of carbonyl (C=O) groups is 1. The van der Waals surface area contributed by atoms with Crippen LogP contribution in [-0.4, -0.2) is 24.2 Å². The SMILES string of the molecule is COc1cc(/C=N/NC(=O)c2cc(-c3ccccc3)nc3ccccc23)cc(I)c1OCc1ccccc1C#N. The minimum absolute atomic E-state index is 0.227. The monoisotopic (exact) mass is 638 g/mol. The molecule has 1 heterocycles. The standard InChI is InChI=1S/C32H23IN4O3/c1-39-30-16-21(15-27(33)31(30)40-20-24-12-6-5-11-23(24)18-34)19-35-37-32(38)26-17-29(22-9-3-2-4-10-22)36-28-14-8-7-13-25(26)28/h2-17,19H,20H2,1H3,(H,37,38)/b35-19+. The third-order valence-corrected chi connectivity index (χ3v) is 6.97. The third-order valence-electron chi connectivity index (χ3n) is 6.17. The van der Waals surface area contributed by atoms with Crippen LogP contribution in [0.25, 0.3) is 22.2 Å². The first-order valence-electron chi connectivity index (χ1n) is 12.3. The molecule has 0 bridgehead atoms. The summed E-state index contributed by atoms with van der Waals surface area (Å²) in [4.78, 5) is 18.0. The maximum atomic E-state index is 13.2. The second-order valence-corrected chi connectivity index (χ2v) is 9.89. The van der Waals surface area contributed by atoms with E-state index >= 15 is 0 Å². The Morgan fingerprint density at radius 2 is 1.77 bits per heavy atom. The van der Waals surface area contributed by atoms with Crippen molar-refractivity contribution in [2.24, 2.45) is 5.10 Å². The first-order valence-corrected chi connectivity index (χ1v) is 13.4. The highest BCUT2D eigenvalue weighted by molar-refractivity contribution is 14.1. The van der Waals surface area contributed by atoms with Crippen LogP contribution < -0.4 is 14.9 Å². The summed E-state index contributed by atoms with van der Waals surface area (Å²) in [6, 6.07) is 32.2. The highest BCUT2D eigenvalue weighted by atomic mass is 127. The van der Waals surface area contributed by atoms with Gasteiger partial charge < -0.3 is 9.47 Å². The van der Waals surface area contributed by atoms with Crippen molar-refractivity contribution in [3.05, 3.63) is 123 Å². The van der Waals surface area contributed by atoms with Crippen molar-refractivity contribution < 1.29 is 14.3 Å². The van der Waals surface area contributed by atoms with Gasteiger partial charge in [-0.05, 0) is 58.5 Å². The molecular formula is C32H23IN4O3. The molecule has 0 saturated carbocycles. The largest absolute Gasteiger partial charge is 0.493 e. The molecule has 1 aromatic heterocycles. The number of hydrazone groups is 1. The summed E-state index contributed by atoms with van der Waals surface area (Å²) in [7, 11) is 1.56. The fourth-order valence-corrected chi connectivity index (χ4v) is 4.99. The number of nitrogens with one attached hydrogen (secondary N) is 1. The Hall–Kier alpha value is -4.75. The van der Waals surface area contributed by atoms with Gasteiger partial charge in [0, 0.05) is 16.5 Å². The number of fused-ring (bicyclic) bond motifs is 1. The van der Waals surface area contributed by atoms with E-state index in [0.717, 1.165) is 31.2 Å². The summed E-state index contributed by atoms with van der Waals surface area (Å²) >= 11 is 2.16. The lowest BCUT2D eigenvalue weighted by Gasteiger charge is -2.14. The van der Waals surface area contributed by atoms with Crippen LogP contribution in [0.5, 0.6) is 11.5 Å². The Labute approximate surface area is 245 Å². The summed E-state index contributed by atoms with van der Waals surface area (Å²) in [6.07, 6.45) is 1.55. The lowest BCUT2D eigenvalue weighted by atomic mass is 10.0. The Morgan fingerprint density at radius 3 is 2.58 bits per heavy atom. The number of pyridine rings is 1. The van der Waals surface area contributed by atoms with E-state index < -0.39 is 0 Å². The zero-order valence-electron chi connectivity index (χ0n) is 21.5. The van der Waals surface area contributed by atoms with Gasteiger partial charge in [0.05, 0.1) is 45.3 Å². The van der Waals surface area contributed by atoms with Crippen LogP contribution in [0.2, 0.25) is 0 Å². The maximum absolute atomic E-state index is 13.2. The highest BCUT2D eigenvalue weighted by Gasteiger charge is 2.15. The topological polar surface area (TPSA) is 96.6 Å². The van der Waals surface area contributed by atoms with Gasteiger partial charge >= 0.3 is 0 Å². The van der Waals surface area contributed by atoms with Crippen LogP contribution in [0.15, 0.2) is 102 Å². The molecule has 40 heavy (non-hydrogen) atoms. The number of hydrogen-bond donors (Lipinski definition) is 1. The van der Waals surface area contributed by atoms with E-state index in [2.05, 4.69) is 39.2 Å². The summed E-state index contributed by atoms with van der Waals surface area (Å²) in [5.74, 6) is 0.736. The van der Waals surface area contributed by atoms with E-state index in [0.29, 0.717) is 28.3 Å². The molecule has 1 amide bonds. The van der Waals surface area contributed by atoms with Gasteiger partial charge in [0.15, 0.2) is 11.5 Å². The third kappa shape index (κ3) is 5.95. The summed E-state index contributed by atoms with van der Waals surface area (Å²) in [5, 5.41) is 14.3. The molecule has 0 fully saturated rings. The number of aromatic nitrogens is 1. The minimum Gasteiger partial charge on any atom is -0.493 e. The molecule has 1 N–H and O–H groups in total. The summed E-state index contributed by atoms with van der Waals surface area (Å²) in [5.41, 5.74) is 7.56. The molecule has 0 aliphatic heterocycles. The van der Waals surface area contributed by atoms with Crippen molar-refractivity contribution in [3.8, 4) is 28.8 Å². The fourth-order valence-electron chi connectivity index (χ4n) is 4.21. The number of amides is 1. The zero-order chi connectivity index (χ0) is 27.9. The Balaban J connectivity index is 1.35. The fraction of sp³-hybridized carbons (Fsp3) is 0.0625. The molecule has 0 aliphatic carbocycles. The van der Waals surface area contributed by atoms with Gasteiger partial charge in [-0.3, -0.25) is 4.79 Å². The van der Waals surface area contributed by atoms with Crippen LogP contribution in [-0.2, 0) is 6.61 Å². The summed E-state index contributed by atoms with van der Waals surface area (Å²) < 4.78 is 12.4. The Kier molecular flexibility index (Phi) is 8.32. The number of methoxy groups -OCH3 is 1. The number of nitrogens with zero attached hydrogens (tertiary/aromatic N) is 3. The van der Waals surface area contributed by atoms with Crippen LogP contribution in [0, 0.1) is 14.9 Å². The van der Waals surface area contributed by atoms with Gasteiger partial charge in [-0.25, -0.2) is 10.4 Å². The van der Waals surface area contributed by atoms with Crippen molar-refractivity contribution in [1.29, 1.82) is 5.26 Å². The molecule has 0 aliphatic rings. The quantitative estimate of drug-likeness (QED) is 0.116. The van der Waals surface area contributed by atoms with Crippen LogP contribution in [0.4, 0.5) is 0 Å². The molecule has 196 valence electrons. The molecule has 5 rings (SSSR count). The van der Waals surface area contributed by atoms with Crippen molar-refractivity contribution >= 4 is 45.6 Å². The maximum Gasteiger partial charge on any atom is 0.272 e. The average molecular weight is 638 g/mol. The van der Waals surface area contributed by atoms with Gasteiger partial charge in [0.2, 0.25) is 0 Å². The van der Waals surface area contributed by atoms with E-state index in [1.807, 2.05) is 78.9 Å². The summed E-state index contributed by atoms with van der Waals surface area (Å²) in [6.45, 7) is 0.227. The highest BCUT2D eigenvalue weighted by Crippen LogP contribution is 2.34. The first kappa shape index (κ1) is 26.8. The first-order chi connectivity index (χ1) is 19.6. The van der Waals surface area contributed by atoms with Gasteiger partial charge in [0.25, 0.3) is 5.91 Å². The number of halogens is 1. The smallest absolute Gasteiger partial charge is 0.272 e. The van der Waals surface area contributed by atoms with E-state index in [1.54, 1.807) is 31.5 Å². The zero-order valence-corrected chi connectivity index (χ0v) is 23.6. The van der Waals surface area contributed by atoms with Crippen LogP contribution >= 0.6 is 22.6 Å². The molecule has 5 aromatic rings. The van der Waals surface area contributed by atoms with Gasteiger partial charge in [0.1, 0.15) is 6.61 Å². The van der Waals surface area contributed by atoms with E-state index in [9.17, 15) is 10.1 Å². The van der Waals surface area contributed by atoms with Gasteiger partial charge in [-0.15, -0.1) is 0 Å². The molecule has 4 aromatic carbocycles. The predicted molar refractivity (Wildman–Crippen MR) is 163 cm³/mol. The minimum atomic E-state index is -0.343. The average Bonchev–Trinajstić information content (AvgIpc) is 3.00. The lowest BCUT2D eigenvalue weighted by molar-refractivity contribution is 0.0956. The molecule has 0 spiro atoms. The van der Waals surface area contributed by atoms with Crippen LogP contribution in [0.1, 0.15) is 27.0 Å². The van der Waals surface area contributed by atoms with Gasteiger partial charge in [-0.2, -0.15) is 10.4 Å². The number of benzene rings is 4. The number of ether oxygens (including phenoxy) is 2. The second-order valence-electron chi connectivity index (χ2n) is 8.73. The lowest BCUT2D eigenvalue weighted by Crippen LogP contribution is -2.18. The Morgan fingerprint density at radius 1 is 1.02 bits per heavy atom. The normalized spacial score (nSPS) is 10.8. The molecule has 0 atom stereocenters. The number of nitriles is 1. The van der Waals surface area contributed by atoms with E-state index in [1.165, 1.54) is 0 Å². The predicted octanol–water partition coefficient (Wildman–Crippen LogP) is 6.73. The molecular weight excluding hydrogens is 615 g/mol. The van der Waals surface area contributed by atoms with Crippen molar-refractivity contribution in [2.45, 2.75) is 6.61 Å². The molecule has 0 saturated heterocycles.